The highest BCUT2D eigenvalue weighted by Gasteiger charge is 2.46. The molecule has 0 bridgehead atoms. The molecule has 0 radical (unpaired) electrons. The van der Waals surface area contributed by atoms with E-state index in [2.05, 4.69) is 16.7 Å². The first kappa shape index (κ1) is 16.3. The van der Waals surface area contributed by atoms with Gasteiger partial charge in [0.1, 0.15) is 0 Å². The fourth-order valence-corrected chi connectivity index (χ4v) is 4.52. The summed E-state index contributed by atoms with van der Waals surface area (Å²) in [5, 5.41) is 0. The molecule has 0 unspecified atom stereocenters. The summed E-state index contributed by atoms with van der Waals surface area (Å²) >= 11 is 0. The fourth-order valence-electron chi connectivity index (χ4n) is 4.52. The van der Waals surface area contributed by atoms with Crippen molar-refractivity contribution in [2.24, 2.45) is 0 Å². The van der Waals surface area contributed by atoms with Gasteiger partial charge in [0.2, 0.25) is 5.91 Å². The van der Waals surface area contributed by atoms with Gasteiger partial charge in [-0.2, -0.15) is 0 Å². The Bertz CT molecular complexity index is 381. The van der Waals surface area contributed by atoms with Crippen molar-refractivity contribution in [3.05, 3.63) is 0 Å². The lowest BCUT2D eigenvalue weighted by Gasteiger charge is -2.39. The molecule has 22 heavy (non-hydrogen) atoms. The number of rotatable bonds is 5. The van der Waals surface area contributed by atoms with Gasteiger partial charge in [-0.15, -0.1) is 0 Å². The Morgan fingerprint density at radius 1 is 1.23 bits per heavy atom. The summed E-state index contributed by atoms with van der Waals surface area (Å²) in [6.45, 7) is 7.59. The second-order valence-electron chi connectivity index (χ2n) is 7.41. The van der Waals surface area contributed by atoms with Gasteiger partial charge in [-0.1, -0.05) is 13.3 Å². The van der Waals surface area contributed by atoms with Crippen molar-refractivity contribution >= 4 is 5.91 Å². The van der Waals surface area contributed by atoms with E-state index in [1.165, 1.54) is 38.8 Å². The molecule has 3 aliphatic heterocycles. The van der Waals surface area contributed by atoms with Crippen LogP contribution in [-0.2, 0) is 9.53 Å². The third-order valence-electron chi connectivity index (χ3n) is 5.93. The molecule has 126 valence electrons. The van der Waals surface area contributed by atoms with Crippen LogP contribution in [0.25, 0.3) is 0 Å². The van der Waals surface area contributed by atoms with E-state index in [1.807, 2.05) is 0 Å². The summed E-state index contributed by atoms with van der Waals surface area (Å²) in [7, 11) is 0. The Balaban J connectivity index is 1.63. The molecule has 0 saturated carbocycles. The van der Waals surface area contributed by atoms with Gasteiger partial charge in [0.05, 0.1) is 6.10 Å². The van der Waals surface area contributed by atoms with Gasteiger partial charge in [-0.3, -0.25) is 4.79 Å². The maximum atomic E-state index is 12.5. The van der Waals surface area contributed by atoms with Crippen molar-refractivity contribution in [3.63, 3.8) is 0 Å². The molecule has 2 atom stereocenters. The topological polar surface area (TPSA) is 32.8 Å². The van der Waals surface area contributed by atoms with Gasteiger partial charge in [0.15, 0.2) is 0 Å². The van der Waals surface area contributed by atoms with Crippen molar-refractivity contribution < 1.29 is 9.53 Å². The lowest BCUT2D eigenvalue weighted by atomic mass is 9.87. The number of carbonyl (C=O) groups is 1. The molecule has 3 heterocycles. The van der Waals surface area contributed by atoms with Crippen LogP contribution in [-0.4, -0.2) is 60.1 Å². The largest absolute Gasteiger partial charge is 0.376 e. The van der Waals surface area contributed by atoms with E-state index >= 15 is 0 Å². The lowest BCUT2D eigenvalue weighted by Crippen LogP contribution is -2.49. The monoisotopic (exact) mass is 308 g/mol. The molecule has 3 aliphatic rings. The van der Waals surface area contributed by atoms with E-state index in [0.29, 0.717) is 12.0 Å². The third kappa shape index (κ3) is 3.48. The molecular formula is C18H32N2O2. The van der Waals surface area contributed by atoms with Crippen LogP contribution in [0.5, 0.6) is 0 Å². The first-order chi connectivity index (χ1) is 10.7. The second-order valence-corrected chi connectivity index (χ2v) is 7.41. The quantitative estimate of drug-likeness (QED) is 0.783. The summed E-state index contributed by atoms with van der Waals surface area (Å²) in [5.74, 6) is 0.373. The molecule has 0 aliphatic carbocycles. The molecule has 0 aromatic heterocycles. The average Bonchev–Trinajstić information content (AvgIpc) is 3.07. The summed E-state index contributed by atoms with van der Waals surface area (Å²) < 4.78 is 5.80. The van der Waals surface area contributed by atoms with Crippen LogP contribution in [0, 0.1) is 0 Å². The van der Waals surface area contributed by atoms with Crippen LogP contribution in [0.4, 0.5) is 0 Å². The van der Waals surface area contributed by atoms with E-state index < -0.39 is 0 Å². The van der Waals surface area contributed by atoms with E-state index in [1.54, 1.807) is 0 Å². The number of hydrogen-bond donors (Lipinski definition) is 0. The zero-order valence-corrected chi connectivity index (χ0v) is 14.2. The number of carbonyl (C=O) groups excluding carboxylic acids is 1. The van der Waals surface area contributed by atoms with Gasteiger partial charge < -0.3 is 14.5 Å². The number of amides is 1. The smallest absolute Gasteiger partial charge is 0.223 e. The number of unbranched alkanes of at least 4 members (excludes halogenated alkanes) is 1. The zero-order valence-electron chi connectivity index (χ0n) is 14.2. The predicted molar refractivity (Wildman–Crippen MR) is 87.9 cm³/mol. The minimum absolute atomic E-state index is 0.143. The van der Waals surface area contributed by atoms with E-state index in [-0.39, 0.29) is 5.54 Å². The molecule has 3 rings (SSSR count). The first-order valence-electron chi connectivity index (χ1n) is 9.38. The van der Waals surface area contributed by atoms with Crippen LogP contribution >= 0.6 is 0 Å². The highest BCUT2D eigenvalue weighted by Crippen LogP contribution is 2.39. The summed E-state index contributed by atoms with van der Waals surface area (Å²) in [5.41, 5.74) is 0.143. The van der Waals surface area contributed by atoms with Crippen molar-refractivity contribution in [2.45, 2.75) is 76.4 Å². The first-order valence-corrected chi connectivity index (χ1v) is 9.38. The number of nitrogens with zero attached hydrogens (tertiary/aromatic N) is 2. The van der Waals surface area contributed by atoms with Gasteiger partial charge in [0.25, 0.3) is 0 Å². The summed E-state index contributed by atoms with van der Waals surface area (Å²) in [6, 6.07) is 0. The Kier molecular flexibility index (Phi) is 5.40. The zero-order chi connectivity index (χ0) is 15.4. The average molecular weight is 308 g/mol. The number of hydrogen-bond acceptors (Lipinski definition) is 3. The van der Waals surface area contributed by atoms with Gasteiger partial charge in [0, 0.05) is 31.7 Å². The molecule has 0 aromatic carbocycles. The maximum Gasteiger partial charge on any atom is 0.223 e. The fraction of sp³-hybridized carbons (Fsp3) is 0.944. The molecule has 1 spiro atoms. The van der Waals surface area contributed by atoms with Gasteiger partial charge >= 0.3 is 0 Å². The Hall–Kier alpha value is -0.610. The molecule has 4 heteroatoms. The normalized spacial score (nSPS) is 33.8. The predicted octanol–water partition coefficient (Wildman–Crippen LogP) is 2.81. The number of likely N-dealkylation sites (tertiary alicyclic amines) is 2. The maximum absolute atomic E-state index is 12.5. The SMILES string of the molecule is CCCCN1CCC[C@@]2(CCC(=O)N2C[C@H]2CCCO2)CC1. The van der Waals surface area contributed by atoms with E-state index in [0.717, 1.165) is 51.8 Å². The van der Waals surface area contributed by atoms with Crippen LogP contribution < -0.4 is 0 Å². The minimum atomic E-state index is 0.143. The summed E-state index contributed by atoms with van der Waals surface area (Å²) in [4.78, 5) is 17.3. The number of ether oxygens (including phenoxy) is 1. The molecule has 0 N–H and O–H groups in total. The van der Waals surface area contributed by atoms with Crippen LogP contribution in [0.3, 0.4) is 0 Å². The standard InChI is InChI=1S/C18H32N2O2/c1-2-3-11-19-12-5-8-18(10-13-19)9-7-17(21)20(18)15-16-6-4-14-22-16/h16H,2-15H2,1H3/t16-,18-/m1/s1. The highest BCUT2D eigenvalue weighted by molar-refractivity contribution is 5.79. The Morgan fingerprint density at radius 3 is 2.91 bits per heavy atom. The van der Waals surface area contributed by atoms with Crippen molar-refractivity contribution in [2.75, 3.05) is 32.8 Å². The van der Waals surface area contributed by atoms with E-state index in [4.69, 9.17) is 4.74 Å². The van der Waals surface area contributed by atoms with E-state index in [9.17, 15) is 4.79 Å². The van der Waals surface area contributed by atoms with Crippen LogP contribution in [0.15, 0.2) is 0 Å². The Morgan fingerprint density at radius 2 is 2.14 bits per heavy atom. The Labute approximate surface area is 135 Å². The van der Waals surface area contributed by atoms with Crippen molar-refractivity contribution in [1.82, 2.24) is 9.80 Å². The lowest BCUT2D eigenvalue weighted by molar-refractivity contribution is -0.133. The minimum Gasteiger partial charge on any atom is -0.376 e. The molecule has 1 amide bonds. The highest BCUT2D eigenvalue weighted by atomic mass is 16.5. The third-order valence-corrected chi connectivity index (χ3v) is 5.93. The van der Waals surface area contributed by atoms with Crippen molar-refractivity contribution in [3.8, 4) is 0 Å². The summed E-state index contributed by atoms with van der Waals surface area (Å²) in [6.07, 6.45) is 10.5. The van der Waals surface area contributed by atoms with Crippen LogP contribution in [0.1, 0.15) is 64.7 Å². The second kappa shape index (κ2) is 7.31. The molecule has 0 aromatic rings. The van der Waals surface area contributed by atoms with Crippen molar-refractivity contribution in [1.29, 1.82) is 0 Å². The molecule has 4 nitrogen and oxygen atoms in total. The molecular weight excluding hydrogens is 276 g/mol. The van der Waals surface area contributed by atoms with Gasteiger partial charge in [-0.25, -0.2) is 0 Å². The molecule has 3 saturated heterocycles. The van der Waals surface area contributed by atoms with Gasteiger partial charge in [-0.05, 0) is 58.0 Å². The molecule has 3 fully saturated rings. The van der Waals surface area contributed by atoms with Crippen LogP contribution in [0.2, 0.25) is 0 Å².